The van der Waals surface area contributed by atoms with Gasteiger partial charge in [0.2, 0.25) is 0 Å². The maximum Gasteiger partial charge on any atom is 0.276 e. The third-order valence-electron chi connectivity index (χ3n) is 1.16. The lowest BCUT2D eigenvalue weighted by Crippen LogP contribution is -2.09. The Kier molecular flexibility index (Phi) is 1.71. The van der Waals surface area contributed by atoms with E-state index in [2.05, 4.69) is 4.98 Å². The van der Waals surface area contributed by atoms with Gasteiger partial charge in [0.05, 0.1) is 13.2 Å². The van der Waals surface area contributed by atoms with Gasteiger partial charge in [-0.2, -0.15) is 4.98 Å². The predicted molar refractivity (Wildman–Crippen MR) is 36.0 cm³/mol. The topological polar surface area (TPSA) is 44.1 Å². The Morgan fingerprint density at radius 1 is 1.70 bits per heavy atom. The van der Waals surface area contributed by atoms with Crippen molar-refractivity contribution in [2.75, 3.05) is 7.11 Å². The van der Waals surface area contributed by atoms with Gasteiger partial charge in [0.1, 0.15) is 6.33 Å². The van der Waals surface area contributed by atoms with E-state index in [1.165, 1.54) is 19.5 Å². The molecule has 4 heteroatoms. The molecule has 0 bridgehead atoms. The molecular weight excluding hydrogens is 132 g/mol. The summed E-state index contributed by atoms with van der Waals surface area (Å²) in [6.45, 7) is 0. The van der Waals surface area contributed by atoms with E-state index in [0.29, 0.717) is 5.88 Å². The number of methoxy groups -OCH3 is 1. The van der Waals surface area contributed by atoms with E-state index < -0.39 is 0 Å². The van der Waals surface area contributed by atoms with Crippen molar-refractivity contribution in [2.45, 2.75) is 0 Å². The zero-order valence-electron chi connectivity index (χ0n) is 5.87. The number of hydrogen-bond donors (Lipinski definition) is 0. The number of ether oxygens (including phenoxy) is 1. The molecule has 0 aliphatic heterocycles. The Hall–Kier alpha value is -1.32. The first kappa shape index (κ1) is 6.80. The van der Waals surface area contributed by atoms with Crippen molar-refractivity contribution in [2.24, 2.45) is 7.05 Å². The van der Waals surface area contributed by atoms with Crippen LogP contribution in [-0.4, -0.2) is 16.7 Å². The van der Waals surface area contributed by atoms with Crippen LogP contribution in [0.5, 0.6) is 5.88 Å². The van der Waals surface area contributed by atoms with E-state index in [1.54, 1.807) is 11.6 Å². The van der Waals surface area contributed by atoms with Crippen LogP contribution in [0.3, 0.4) is 0 Å². The highest BCUT2D eigenvalue weighted by Crippen LogP contribution is 2.00. The molecule has 0 atom stereocenters. The van der Waals surface area contributed by atoms with Crippen LogP contribution in [-0.2, 0) is 7.05 Å². The molecule has 0 N–H and O–H groups in total. The molecule has 0 saturated heterocycles. The lowest BCUT2D eigenvalue weighted by molar-refractivity contribution is 0.376. The molecule has 0 fully saturated rings. The van der Waals surface area contributed by atoms with Crippen LogP contribution in [0.15, 0.2) is 17.2 Å². The smallest absolute Gasteiger partial charge is 0.276 e. The Morgan fingerprint density at radius 3 is 2.90 bits per heavy atom. The van der Waals surface area contributed by atoms with Gasteiger partial charge < -0.3 is 9.30 Å². The molecule has 10 heavy (non-hydrogen) atoms. The highest BCUT2D eigenvalue weighted by Gasteiger charge is 1.94. The van der Waals surface area contributed by atoms with Gasteiger partial charge in [-0.05, 0) is 0 Å². The quantitative estimate of drug-likeness (QED) is 0.542. The number of aryl methyl sites for hydroxylation is 1. The Balaban J connectivity index is 3.22. The van der Waals surface area contributed by atoms with Gasteiger partial charge >= 0.3 is 0 Å². The molecule has 0 saturated carbocycles. The molecule has 54 valence electrons. The summed E-state index contributed by atoms with van der Waals surface area (Å²) in [5.74, 6) is 0.514. The fourth-order valence-corrected chi connectivity index (χ4v) is 0.648. The van der Waals surface area contributed by atoms with Gasteiger partial charge in [0.15, 0.2) is 5.88 Å². The largest absolute Gasteiger partial charge is 0.482 e. The molecule has 4 nitrogen and oxygen atoms in total. The Labute approximate surface area is 58.1 Å². The number of aromatic nitrogens is 2. The standard InChI is InChI=1S/C6H8N2O2/c1-8-4-7-5(9)3-6(8)10-2/h3-4H,1-2H3. The van der Waals surface area contributed by atoms with Gasteiger partial charge in [-0.15, -0.1) is 0 Å². The molecule has 0 aromatic carbocycles. The minimum Gasteiger partial charge on any atom is -0.482 e. The van der Waals surface area contributed by atoms with E-state index in [0.717, 1.165) is 0 Å². The SMILES string of the molecule is COc1cc(=O)ncn1C. The fourth-order valence-electron chi connectivity index (χ4n) is 0.648. The van der Waals surface area contributed by atoms with Crippen molar-refractivity contribution < 1.29 is 4.74 Å². The number of hydrogen-bond acceptors (Lipinski definition) is 3. The Morgan fingerprint density at radius 2 is 2.40 bits per heavy atom. The molecule has 0 unspecified atom stereocenters. The van der Waals surface area contributed by atoms with Crippen LogP contribution in [0.2, 0.25) is 0 Å². The minimum atomic E-state index is -0.282. The molecule has 0 spiro atoms. The highest BCUT2D eigenvalue weighted by molar-refractivity contribution is 5.06. The van der Waals surface area contributed by atoms with Crippen LogP contribution >= 0.6 is 0 Å². The molecule has 1 rings (SSSR count). The van der Waals surface area contributed by atoms with Gasteiger partial charge in [0.25, 0.3) is 5.56 Å². The van der Waals surface area contributed by atoms with E-state index in [9.17, 15) is 4.79 Å². The van der Waals surface area contributed by atoms with Crippen LogP contribution in [0.25, 0.3) is 0 Å². The van der Waals surface area contributed by atoms with Crippen molar-refractivity contribution in [1.82, 2.24) is 9.55 Å². The summed E-state index contributed by atoms with van der Waals surface area (Å²) >= 11 is 0. The lowest BCUT2D eigenvalue weighted by Gasteiger charge is -2.02. The summed E-state index contributed by atoms with van der Waals surface area (Å²) in [7, 11) is 3.26. The van der Waals surface area contributed by atoms with Crippen molar-refractivity contribution >= 4 is 0 Å². The number of rotatable bonds is 1. The lowest BCUT2D eigenvalue weighted by atomic mass is 10.6. The average Bonchev–Trinajstić information content (AvgIpc) is 1.94. The van der Waals surface area contributed by atoms with Crippen molar-refractivity contribution in [1.29, 1.82) is 0 Å². The first-order valence-corrected chi connectivity index (χ1v) is 2.80. The molecule has 0 radical (unpaired) electrons. The van der Waals surface area contributed by atoms with Gasteiger partial charge in [-0.3, -0.25) is 4.79 Å². The molecule has 1 aromatic heterocycles. The summed E-state index contributed by atoms with van der Waals surface area (Å²) in [5.41, 5.74) is -0.282. The zero-order valence-corrected chi connectivity index (χ0v) is 5.87. The molecule has 1 heterocycles. The summed E-state index contributed by atoms with van der Waals surface area (Å²) in [5, 5.41) is 0. The molecule has 0 aliphatic carbocycles. The maximum absolute atomic E-state index is 10.6. The monoisotopic (exact) mass is 140 g/mol. The second-order valence-corrected chi connectivity index (χ2v) is 1.88. The second-order valence-electron chi connectivity index (χ2n) is 1.88. The number of nitrogens with zero attached hydrogens (tertiary/aromatic N) is 2. The molecule has 0 aliphatic rings. The third-order valence-corrected chi connectivity index (χ3v) is 1.16. The molecule has 0 amide bonds. The van der Waals surface area contributed by atoms with Gasteiger partial charge in [0, 0.05) is 7.05 Å². The summed E-state index contributed by atoms with van der Waals surface area (Å²) < 4.78 is 6.48. The first-order chi connectivity index (χ1) is 4.74. The minimum absolute atomic E-state index is 0.282. The summed E-state index contributed by atoms with van der Waals surface area (Å²) in [6, 6.07) is 1.33. The second kappa shape index (κ2) is 2.51. The summed E-state index contributed by atoms with van der Waals surface area (Å²) in [6.07, 6.45) is 1.42. The van der Waals surface area contributed by atoms with Crippen LogP contribution in [0.1, 0.15) is 0 Å². The van der Waals surface area contributed by atoms with Gasteiger partial charge in [-0.25, -0.2) is 0 Å². The van der Waals surface area contributed by atoms with Crippen molar-refractivity contribution in [3.63, 3.8) is 0 Å². The molecule has 1 aromatic rings. The fraction of sp³-hybridized carbons (Fsp3) is 0.333. The highest BCUT2D eigenvalue weighted by atomic mass is 16.5. The molecular formula is C6H8N2O2. The van der Waals surface area contributed by atoms with E-state index in [4.69, 9.17) is 4.74 Å². The summed E-state index contributed by atoms with van der Waals surface area (Å²) in [4.78, 5) is 14.1. The Bertz CT molecular complexity index is 279. The van der Waals surface area contributed by atoms with Gasteiger partial charge in [-0.1, -0.05) is 0 Å². The average molecular weight is 140 g/mol. The predicted octanol–water partition coefficient (Wildman–Crippen LogP) is -0.211. The third kappa shape index (κ3) is 1.15. The van der Waals surface area contributed by atoms with Crippen molar-refractivity contribution in [3.8, 4) is 5.88 Å². The maximum atomic E-state index is 10.6. The van der Waals surface area contributed by atoms with E-state index in [-0.39, 0.29) is 5.56 Å². The van der Waals surface area contributed by atoms with E-state index >= 15 is 0 Å². The first-order valence-electron chi connectivity index (χ1n) is 2.80. The normalized spacial score (nSPS) is 9.40. The van der Waals surface area contributed by atoms with E-state index in [1.807, 2.05) is 0 Å². The van der Waals surface area contributed by atoms with Crippen LogP contribution < -0.4 is 10.3 Å². The van der Waals surface area contributed by atoms with Crippen LogP contribution in [0.4, 0.5) is 0 Å². The zero-order chi connectivity index (χ0) is 7.56. The van der Waals surface area contributed by atoms with Crippen LogP contribution in [0, 0.1) is 0 Å². The van der Waals surface area contributed by atoms with Crippen molar-refractivity contribution in [3.05, 3.63) is 22.7 Å².